The largest absolute Gasteiger partial charge is 0.493 e. The fraction of sp³-hybridized carbons (Fsp3) is 0.423. The van der Waals surface area contributed by atoms with Crippen LogP contribution in [0.25, 0.3) is 0 Å². The van der Waals surface area contributed by atoms with Crippen molar-refractivity contribution < 1.29 is 23.9 Å². The summed E-state index contributed by atoms with van der Waals surface area (Å²) < 4.78 is 11.9. The van der Waals surface area contributed by atoms with Crippen molar-refractivity contribution in [2.75, 3.05) is 39.3 Å². The number of carbonyl (C=O) groups is 3. The molecule has 0 spiro atoms. The van der Waals surface area contributed by atoms with E-state index in [2.05, 4.69) is 16.0 Å². The lowest BCUT2D eigenvalue weighted by Gasteiger charge is -2.35. The van der Waals surface area contributed by atoms with Crippen LogP contribution in [0, 0.1) is 5.92 Å². The number of rotatable bonds is 3. The van der Waals surface area contributed by atoms with Gasteiger partial charge in [-0.25, -0.2) is 0 Å². The molecule has 2 aliphatic heterocycles. The van der Waals surface area contributed by atoms with Crippen LogP contribution in [-0.4, -0.2) is 68.0 Å². The molecule has 3 N–H and O–H groups in total. The molecule has 35 heavy (non-hydrogen) atoms. The molecule has 9 nitrogen and oxygen atoms in total. The lowest BCUT2D eigenvalue weighted by Crippen LogP contribution is -2.61. The number of fused-ring (bicyclic) bond motifs is 5. The SMILES string of the molecule is CC(C)COc1cc2cc(c1)C(=O)NCC(=O)N1CCNC[C@@H]1C(=O)NCCc1cccc(c1)O2. The van der Waals surface area contributed by atoms with Gasteiger partial charge in [-0.2, -0.15) is 0 Å². The third kappa shape index (κ3) is 6.51. The van der Waals surface area contributed by atoms with E-state index in [-0.39, 0.29) is 18.4 Å². The average molecular weight is 481 g/mol. The standard InChI is InChI=1S/C26H32N4O5/c1-17(2)16-34-21-11-19-12-22(13-21)35-20-5-3-4-18(10-20)6-7-28-26(33)23-14-27-8-9-30(23)24(31)15-29-25(19)32/h3-5,10-13,17,23,27H,6-9,14-16H2,1-2H3,(H,28,33)(H,29,32)/t23-/m1/s1. The van der Waals surface area contributed by atoms with E-state index in [1.165, 1.54) is 4.90 Å². The zero-order valence-electron chi connectivity index (χ0n) is 20.1. The third-order valence-electron chi connectivity index (χ3n) is 5.84. The zero-order valence-corrected chi connectivity index (χ0v) is 20.1. The molecule has 1 saturated heterocycles. The number of nitrogens with one attached hydrogen (secondary N) is 3. The fourth-order valence-electron chi connectivity index (χ4n) is 4.05. The Labute approximate surface area is 205 Å². The highest BCUT2D eigenvalue weighted by atomic mass is 16.5. The van der Waals surface area contributed by atoms with Crippen molar-refractivity contribution in [3.05, 3.63) is 53.6 Å². The third-order valence-corrected chi connectivity index (χ3v) is 5.84. The van der Waals surface area contributed by atoms with Crippen molar-refractivity contribution in [1.29, 1.82) is 0 Å². The second kappa shape index (κ2) is 11.2. The van der Waals surface area contributed by atoms with Crippen molar-refractivity contribution in [1.82, 2.24) is 20.9 Å². The summed E-state index contributed by atoms with van der Waals surface area (Å²) in [6.07, 6.45) is 0.611. The predicted octanol–water partition coefficient (Wildman–Crippen LogP) is 1.72. The number of nitrogens with zero attached hydrogens (tertiary/aromatic N) is 1. The van der Waals surface area contributed by atoms with Gasteiger partial charge in [0, 0.05) is 37.8 Å². The van der Waals surface area contributed by atoms with Crippen LogP contribution in [0.3, 0.4) is 0 Å². The molecule has 3 amide bonds. The Balaban J connectivity index is 1.65. The summed E-state index contributed by atoms with van der Waals surface area (Å²) in [5.41, 5.74) is 1.32. The van der Waals surface area contributed by atoms with Crippen LogP contribution in [0.15, 0.2) is 42.5 Å². The summed E-state index contributed by atoms with van der Waals surface area (Å²) in [4.78, 5) is 40.3. The van der Waals surface area contributed by atoms with Gasteiger partial charge in [-0.05, 0) is 42.2 Å². The van der Waals surface area contributed by atoms with Gasteiger partial charge < -0.3 is 30.3 Å². The topological polar surface area (TPSA) is 109 Å². The number of hydrogen-bond acceptors (Lipinski definition) is 6. The molecule has 0 radical (unpaired) electrons. The Morgan fingerprint density at radius 2 is 1.91 bits per heavy atom. The molecule has 4 rings (SSSR count). The minimum atomic E-state index is -0.627. The molecule has 0 unspecified atom stereocenters. The molecule has 0 aromatic heterocycles. The van der Waals surface area contributed by atoms with E-state index in [4.69, 9.17) is 9.47 Å². The van der Waals surface area contributed by atoms with Gasteiger partial charge in [-0.1, -0.05) is 26.0 Å². The maximum Gasteiger partial charge on any atom is 0.251 e. The minimum Gasteiger partial charge on any atom is -0.493 e. The Bertz CT molecular complexity index is 1090. The maximum atomic E-state index is 13.0. The minimum absolute atomic E-state index is 0.212. The van der Waals surface area contributed by atoms with Crippen LogP contribution >= 0.6 is 0 Å². The molecule has 2 aliphatic rings. The molecule has 186 valence electrons. The first kappa shape index (κ1) is 24.5. The van der Waals surface area contributed by atoms with Gasteiger partial charge >= 0.3 is 0 Å². The summed E-state index contributed by atoms with van der Waals surface area (Å²) in [6, 6.07) is 12.0. The van der Waals surface area contributed by atoms with Gasteiger partial charge in [0.25, 0.3) is 5.91 Å². The lowest BCUT2D eigenvalue weighted by molar-refractivity contribution is -0.140. The number of carbonyl (C=O) groups excluding carboxylic acids is 3. The first-order valence-electron chi connectivity index (χ1n) is 12.0. The molecule has 1 atom stereocenters. The summed E-state index contributed by atoms with van der Waals surface area (Å²) in [5.74, 6) is 0.949. The Morgan fingerprint density at radius 3 is 2.74 bits per heavy atom. The van der Waals surface area contributed by atoms with Crippen molar-refractivity contribution >= 4 is 17.7 Å². The maximum absolute atomic E-state index is 13.0. The first-order chi connectivity index (χ1) is 16.9. The van der Waals surface area contributed by atoms with Crippen molar-refractivity contribution in [3.8, 4) is 17.2 Å². The first-order valence-corrected chi connectivity index (χ1v) is 12.0. The van der Waals surface area contributed by atoms with Crippen molar-refractivity contribution in [3.63, 3.8) is 0 Å². The number of piperazine rings is 1. The fourth-order valence-corrected chi connectivity index (χ4v) is 4.05. The molecular formula is C26H32N4O5. The van der Waals surface area contributed by atoms with Crippen LogP contribution in [0.4, 0.5) is 0 Å². The number of ether oxygens (including phenoxy) is 2. The van der Waals surface area contributed by atoms with Crippen LogP contribution < -0.4 is 25.4 Å². The average Bonchev–Trinajstić information content (AvgIpc) is 2.85. The molecule has 2 aromatic carbocycles. The van der Waals surface area contributed by atoms with E-state index < -0.39 is 11.9 Å². The van der Waals surface area contributed by atoms with Crippen LogP contribution in [0.5, 0.6) is 17.2 Å². The van der Waals surface area contributed by atoms with Gasteiger partial charge in [0.05, 0.1) is 13.2 Å². The second-order valence-electron chi connectivity index (χ2n) is 9.18. The summed E-state index contributed by atoms with van der Waals surface area (Å²) in [5, 5.41) is 8.79. The highest BCUT2D eigenvalue weighted by Gasteiger charge is 2.32. The molecular weight excluding hydrogens is 448 g/mol. The zero-order chi connectivity index (χ0) is 24.8. The van der Waals surface area contributed by atoms with E-state index in [0.29, 0.717) is 67.9 Å². The van der Waals surface area contributed by atoms with E-state index in [1.54, 1.807) is 18.2 Å². The number of benzene rings is 2. The number of amides is 3. The second-order valence-corrected chi connectivity index (χ2v) is 9.18. The molecule has 9 heteroatoms. The molecule has 4 bridgehead atoms. The smallest absolute Gasteiger partial charge is 0.251 e. The predicted molar refractivity (Wildman–Crippen MR) is 131 cm³/mol. The van der Waals surface area contributed by atoms with E-state index in [1.807, 2.05) is 38.1 Å². The molecule has 0 aliphatic carbocycles. The van der Waals surface area contributed by atoms with E-state index in [0.717, 1.165) is 5.56 Å². The highest BCUT2D eigenvalue weighted by molar-refractivity contribution is 5.98. The van der Waals surface area contributed by atoms with Gasteiger partial charge in [-0.15, -0.1) is 0 Å². The molecule has 2 heterocycles. The summed E-state index contributed by atoms with van der Waals surface area (Å²) in [7, 11) is 0. The van der Waals surface area contributed by atoms with Gasteiger partial charge in [0.15, 0.2) is 0 Å². The van der Waals surface area contributed by atoms with Gasteiger partial charge in [0.1, 0.15) is 23.3 Å². The van der Waals surface area contributed by atoms with E-state index >= 15 is 0 Å². The van der Waals surface area contributed by atoms with Gasteiger partial charge in [0.2, 0.25) is 11.8 Å². The summed E-state index contributed by atoms with van der Waals surface area (Å²) in [6.45, 7) is 6.15. The van der Waals surface area contributed by atoms with Gasteiger partial charge in [-0.3, -0.25) is 14.4 Å². The van der Waals surface area contributed by atoms with Crippen molar-refractivity contribution in [2.45, 2.75) is 26.3 Å². The molecule has 0 saturated carbocycles. The Hall–Kier alpha value is -3.59. The van der Waals surface area contributed by atoms with E-state index in [9.17, 15) is 14.4 Å². The number of hydrogen-bond donors (Lipinski definition) is 3. The Kier molecular flexibility index (Phi) is 7.87. The lowest BCUT2D eigenvalue weighted by atomic mass is 10.1. The highest BCUT2D eigenvalue weighted by Crippen LogP contribution is 2.28. The Morgan fingerprint density at radius 1 is 1.06 bits per heavy atom. The summed E-state index contributed by atoms with van der Waals surface area (Å²) >= 11 is 0. The molecule has 1 fully saturated rings. The monoisotopic (exact) mass is 480 g/mol. The normalized spacial score (nSPS) is 19.2. The quantitative estimate of drug-likeness (QED) is 0.617. The van der Waals surface area contributed by atoms with Crippen LogP contribution in [0.1, 0.15) is 29.8 Å². The van der Waals surface area contributed by atoms with Crippen LogP contribution in [0.2, 0.25) is 0 Å². The van der Waals surface area contributed by atoms with Crippen LogP contribution in [-0.2, 0) is 16.0 Å². The molecule has 2 aromatic rings. The van der Waals surface area contributed by atoms with Crippen molar-refractivity contribution in [2.24, 2.45) is 5.92 Å².